The molecule has 3 nitrogen and oxygen atoms in total. The second-order valence-electron chi connectivity index (χ2n) is 4.30. The summed E-state index contributed by atoms with van der Waals surface area (Å²) in [6.07, 6.45) is 0. The molecule has 0 radical (unpaired) electrons. The van der Waals surface area contributed by atoms with Crippen molar-refractivity contribution in [2.45, 2.75) is 13.2 Å². The van der Waals surface area contributed by atoms with Crippen molar-refractivity contribution in [3.8, 4) is 0 Å². The molecule has 20 heavy (non-hydrogen) atoms. The normalized spacial score (nSPS) is 10.5. The third-order valence-electron chi connectivity index (χ3n) is 2.84. The average molecular weight is 337 g/mol. The first-order chi connectivity index (χ1) is 9.58. The van der Waals surface area contributed by atoms with Crippen molar-refractivity contribution in [1.82, 2.24) is 0 Å². The van der Waals surface area contributed by atoms with Crippen LogP contribution in [0.2, 0.25) is 0 Å². The van der Waals surface area contributed by atoms with Crippen LogP contribution in [0.3, 0.4) is 0 Å². The van der Waals surface area contributed by atoms with E-state index in [0.717, 1.165) is 10.0 Å². The van der Waals surface area contributed by atoms with Crippen molar-refractivity contribution in [1.29, 1.82) is 5.41 Å². The molecule has 0 aliphatic carbocycles. The number of benzene rings is 2. The molecular weight excluding hydrogens is 323 g/mol. The Bertz CT molecular complexity index is 631. The third kappa shape index (κ3) is 3.65. The summed E-state index contributed by atoms with van der Waals surface area (Å²) in [5.74, 6) is -0.575. The highest BCUT2D eigenvalue weighted by molar-refractivity contribution is 9.10. The van der Waals surface area contributed by atoms with Crippen LogP contribution in [0.4, 0.5) is 4.39 Å². The maximum Gasteiger partial charge on any atom is 0.123 e. The van der Waals surface area contributed by atoms with Crippen molar-refractivity contribution in [2.75, 3.05) is 0 Å². The standard InChI is InChI=1S/C15H14BrFN2O/c16-14-4-2-1-3-11(14)9-20-8-10-5-6-12(17)7-13(10)15(18)19/h1-7H,8-9H2,(H3,18,19). The number of hydrogen-bond donors (Lipinski definition) is 2. The molecule has 0 atom stereocenters. The lowest BCUT2D eigenvalue weighted by Gasteiger charge is -2.10. The molecule has 2 rings (SSSR count). The number of rotatable bonds is 5. The van der Waals surface area contributed by atoms with Crippen molar-refractivity contribution < 1.29 is 9.13 Å². The molecule has 0 fully saturated rings. The van der Waals surface area contributed by atoms with Crippen LogP contribution in [0.15, 0.2) is 46.9 Å². The SMILES string of the molecule is N=C(N)c1cc(F)ccc1COCc1ccccc1Br. The minimum atomic E-state index is -0.412. The summed E-state index contributed by atoms with van der Waals surface area (Å²) in [6, 6.07) is 11.9. The lowest BCUT2D eigenvalue weighted by molar-refractivity contribution is 0.106. The van der Waals surface area contributed by atoms with Gasteiger partial charge in [0.25, 0.3) is 0 Å². The van der Waals surface area contributed by atoms with Gasteiger partial charge in [0.1, 0.15) is 11.7 Å². The predicted molar refractivity (Wildman–Crippen MR) is 80.1 cm³/mol. The topological polar surface area (TPSA) is 59.1 Å². The fourth-order valence-corrected chi connectivity index (χ4v) is 2.21. The lowest BCUT2D eigenvalue weighted by atomic mass is 10.1. The summed E-state index contributed by atoms with van der Waals surface area (Å²) in [5.41, 5.74) is 7.54. The molecule has 0 spiro atoms. The number of ether oxygens (including phenoxy) is 1. The first kappa shape index (κ1) is 14.7. The van der Waals surface area contributed by atoms with Crippen LogP contribution >= 0.6 is 15.9 Å². The van der Waals surface area contributed by atoms with Gasteiger partial charge < -0.3 is 10.5 Å². The minimum Gasteiger partial charge on any atom is -0.384 e. The van der Waals surface area contributed by atoms with Gasteiger partial charge in [0.05, 0.1) is 13.2 Å². The Morgan fingerprint density at radius 1 is 1.15 bits per heavy atom. The quantitative estimate of drug-likeness (QED) is 0.647. The van der Waals surface area contributed by atoms with E-state index in [9.17, 15) is 4.39 Å². The summed E-state index contributed by atoms with van der Waals surface area (Å²) in [5, 5.41) is 7.45. The van der Waals surface area contributed by atoms with Crippen LogP contribution in [0.25, 0.3) is 0 Å². The Morgan fingerprint density at radius 3 is 2.55 bits per heavy atom. The van der Waals surface area contributed by atoms with Gasteiger partial charge in [0.2, 0.25) is 0 Å². The maximum absolute atomic E-state index is 13.1. The van der Waals surface area contributed by atoms with Gasteiger partial charge in [-0.05, 0) is 29.3 Å². The van der Waals surface area contributed by atoms with Gasteiger partial charge in [0, 0.05) is 10.0 Å². The van der Waals surface area contributed by atoms with Crippen molar-refractivity contribution in [3.05, 3.63) is 69.4 Å². The highest BCUT2D eigenvalue weighted by Gasteiger charge is 2.07. The van der Waals surface area contributed by atoms with Crippen molar-refractivity contribution >= 4 is 21.8 Å². The average Bonchev–Trinajstić information content (AvgIpc) is 2.42. The molecule has 0 amide bonds. The zero-order chi connectivity index (χ0) is 14.5. The molecular formula is C15H14BrFN2O. The van der Waals surface area contributed by atoms with E-state index in [1.54, 1.807) is 6.07 Å². The Balaban J connectivity index is 2.05. The summed E-state index contributed by atoms with van der Waals surface area (Å²) in [6.45, 7) is 0.701. The number of nitrogen functional groups attached to an aromatic ring is 1. The Hall–Kier alpha value is -1.72. The summed E-state index contributed by atoms with van der Waals surface area (Å²) >= 11 is 3.45. The van der Waals surface area contributed by atoms with Gasteiger partial charge in [-0.1, -0.05) is 40.2 Å². The first-order valence-corrected chi connectivity index (χ1v) is 6.81. The van der Waals surface area contributed by atoms with Crippen LogP contribution in [0.5, 0.6) is 0 Å². The van der Waals surface area contributed by atoms with Gasteiger partial charge in [-0.25, -0.2) is 4.39 Å². The molecule has 0 aliphatic heterocycles. The fourth-order valence-electron chi connectivity index (χ4n) is 1.81. The van der Waals surface area contributed by atoms with Crippen molar-refractivity contribution in [3.63, 3.8) is 0 Å². The Kier molecular flexibility index (Phi) is 4.87. The molecule has 104 valence electrons. The van der Waals surface area contributed by atoms with E-state index >= 15 is 0 Å². The van der Waals surface area contributed by atoms with E-state index in [0.29, 0.717) is 17.7 Å². The minimum absolute atomic E-state index is 0.163. The Morgan fingerprint density at radius 2 is 1.85 bits per heavy atom. The van der Waals surface area contributed by atoms with Crippen LogP contribution < -0.4 is 5.73 Å². The van der Waals surface area contributed by atoms with Gasteiger partial charge >= 0.3 is 0 Å². The van der Waals surface area contributed by atoms with E-state index in [4.69, 9.17) is 15.9 Å². The van der Waals surface area contributed by atoms with Crippen LogP contribution in [-0.4, -0.2) is 5.84 Å². The molecule has 2 aromatic rings. The van der Waals surface area contributed by atoms with Crippen LogP contribution in [0, 0.1) is 11.2 Å². The highest BCUT2D eigenvalue weighted by Crippen LogP contribution is 2.18. The molecule has 0 aromatic heterocycles. The van der Waals surface area contributed by atoms with Gasteiger partial charge in [-0.15, -0.1) is 0 Å². The zero-order valence-electron chi connectivity index (χ0n) is 10.7. The van der Waals surface area contributed by atoms with Gasteiger partial charge in [-0.2, -0.15) is 0 Å². The molecule has 5 heteroatoms. The second kappa shape index (κ2) is 6.63. The summed E-state index contributed by atoms with van der Waals surface area (Å²) in [7, 11) is 0. The molecule has 0 bridgehead atoms. The molecule has 3 N–H and O–H groups in total. The molecule has 0 saturated heterocycles. The number of nitrogens with one attached hydrogen (secondary N) is 1. The molecule has 2 aromatic carbocycles. The van der Waals surface area contributed by atoms with Gasteiger partial charge in [0.15, 0.2) is 0 Å². The van der Waals surface area contributed by atoms with E-state index in [2.05, 4.69) is 15.9 Å². The third-order valence-corrected chi connectivity index (χ3v) is 3.61. The Labute approximate surface area is 125 Å². The number of amidine groups is 1. The lowest BCUT2D eigenvalue weighted by Crippen LogP contribution is -2.14. The second-order valence-corrected chi connectivity index (χ2v) is 5.15. The van der Waals surface area contributed by atoms with E-state index < -0.39 is 5.82 Å². The predicted octanol–water partition coefficient (Wildman–Crippen LogP) is 3.59. The molecule has 0 heterocycles. The van der Waals surface area contributed by atoms with Crippen LogP contribution in [-0.2, 0) is 18.0 Å². The van der Waals surface area contributed by atoms with E-state index in [1.807, 2.05) is 24.3 Å². The monoisotopic (exact) mass is 336 g/mol. The number of halogens is 2. The first-order valence-electron chi connectivity index (χ1n) is 6.02. The highest BCUT2D eigenvalue weighted by atomic mass is 79.9. The largest absolute Gasteiger partial charge is 0.384 e. The maximum atomic E-state index is 13.1. The summed E-state index contributed by atoms with van der Waals surface area (Å²) < 4.78 is 19.7. The molecule has 0 saturated carbocycles. The number of nitrogens with two attached hydrogens (primary N) is 1. The number of hydrogen-bond acceptors (Lipinski definition) is 2. The van der Waals surface area contributed by atoms with Gasteiger partial charge in [-0.3, -0.25) is 5.41 Å². The molecule has 0 aliphatic rings. The van der Waals surface area contributed by atoms with E-state index in [-0.39, 0.29) is 12.4 Å². The zero-order valence-corrected chi connectivity index (χ0v) is 12.3. The van der Waals surface area contributed by atoms with Crippen LogP contribution in [0.1, 0.15) is 16.7 Å². The fraction of sp³-hybridized carbons (Fsp3) is 0.133. The molecule has 0 unspecified atom stereocenters. The van der Waals surface area contributed by atoms with E-state index in [1.165, 1.54) is 12.1 Å². The van der Waals surface area contributed by atoms with Crippen molar-refractivity contribution in [2.24, 2.45) is 5.73 Å². The smallest absolute Gasteiger partial charge is 0.123 e. The summed E-state index contributed by atoms with van der Waals surface area (Å²) in [4.78, 5) is 0.